The zero-order valence-electron chi connectivity index (χ0n) is 10.5. The minimum atomic E-state index is -0.990. The number of carbonyl (C=O) groups is 1. The van der Waals surface area contributed by atoms with Crippen molar-refractivity contribution < 1.29 is 14.6 Å². The maximum Gasteiger partial charge on any atom is 0.313 e. The number of carbonyl (C=O) groups excluding carboxylic acids is 1. The van der Waals surface area contributed by atoms with Gasteiger partial charge in [0.05, 0.1) is 12.5 Å². The minimum Gasteiger partial charge on any atom is -0.466 e. The molecule has 0 aliphatic heterocycles. The third kappa shape index (κ3) is 2.38. The molecule has 1 saturated carbocycles. The average molecular weight is 229 g/mol. The zero-order valence-corrected chi connectivity index (χ0v) is 10.5. The Morgan fingerprint density at radius 1 is 1.44 bits per heavy atom. The first-order chi connectivity index (χ1) is 7.60. The van der Waals surface area contributed by atoms with Crippen LogP contribution >= 0.6 is 0 Å². The minimum absolute atomic E-state index is 0.255. The summed E-state index contributed by atoms with van der Waals surface area (Å²) in [4.78, 5) is 13.7. The highest BCUT2D eigenvalue weighted by Gasteiger charge is 2.49. The second-order valence-electron chi connectivity index (χ2n) is 4.25. The van der Waals surface area contributed by atoms with Crippen molar-refractivity contribution in [1.29, 1.82) is 0 Å². The van der Waals surface area contributed by atoms with Gasteiger partial charge in [0.1, 0.15) is 5.72 Å². The SMILES string of the molecule is CCOC(=O)C1CCCC1(O)N(CC)CC. The molecular weight excluding hydrogens is 206 g/mol. The quantitative estimate of drug-likeness (QED) is 0.571. The van der Waals surface area contributed by atoms with E-state index in [0.717, 1.165) is 25.9 Å². The molecular formula is C12H23NO3. The van der Waals surface area contributed by atoms with Crippen LogP contribution in [0.3, 0.4) is 0 Å². The normalized spacial score (nSPS) is 29.7. The molecule has 0 bridgehead atoms. The Balaban J connectivity index is 2.80. The van der Waals surface area contributed by atoms with Crippen LogP contribution in [0.15, 0.2) is 0 Å². The summed E-state index contributed by atoms with van der Waals surface area (Å²) in [5, 5.41) is 10.6. The van der Waals surface area contributed by atoms with Gasteiger partial charge in [-0.05, 0) is 39.3 Å². The van der Waals surface area contributed by atoms with Gasteiger partial charge in [-0.15, -0.1) is 0 Å². The van der Waals surface area contributed by atoms with E-state index in [-0.39, 0.29) is 11.9 Å². The topological polar surface area (TPSA) is 49.8 Å². The number of aliphatic hydroxyl groups is 1. The van der Waals surface area contributed by atoms with Crippen LogP contribution in [0.2, 0.25) is 0 Å². The molecule has 1 aliphatic rings. The Kier molecular flexibility index (Phi) is 4.74. The highest BCUT2D eigenvalue weighted by molar-refractivity contribution is 5.74. The van der Waals surface area contributed by atoms with E-state index in [1.807, 2.05) is 18.7 Å². The lowest BCUT2D eigenvalue weighted by atomic mass is 9.97. The highest BCUT2D eigenvalue weighted by atomic mass is 16.5. The standard InChI is InChI=1S/C12H23NO3/c1-4-13(5-2)12(15)9-7-8-10(12)11(14)16-6-3/h10,15H,4-9H2,1-3H3. The first kappa shape index (κ1) is 13.5. The van der Waals surface area contributed by atoms with Gasteiger partial charge in [0, 0.05) is 0 Å². The van der Waals surface area contributed by atoms with Crippen LogP contribution in [-0.4, -0.2) is 41.4 Å². The first-order valence-corrected chi connectivity index (χ1v) is 6.24. The molecule has 0 heterocycles. The molecule has 1 N–H and O–H groups in total. The van der Waals surface area contributed by atoms with E-state index in [1.54, 1.807) is 6.92 Å². The van der Waals surface area contributed by atoms with Gasteiger partial charge in [-0.3, -0.25) is 9.69 Å². The summed E-state index contributed by atoms with van der Waals surface area (Å²) in [6, 6.07) is 0. The Bertz CT molecular complexity index is 240. The summed E-state index contributed by atoms with van der Waals surface area (Å²) in [6.45, 7) is 7.68. The fraction of sp³-hybridized carbons (Fsp3) is 0.917. The summed E-state index contributed by atoms with van der Waals surface area (Å²) in [6.07, 6.45) is 2.28. The van der Waals surface area contributed by atoms with Crippen molar-refractivity contribution in [3.63, 3.8) is 0 Å². The fourth-order valence-corrected chi connectivity index (χ4v) is 2.67. The maximum absolute atomic E-state index is 11.8. The monoisotopic (exact) mass is 229 g/mol. The van der Waals surface area contributed by atoms with E-state index in [9.17, 15) is 9.90 Å². The summed E-state index contributed by atoms with van der Waals surface area (Å²) in [5.74, 6) is -0.637. The molecule has 0 radical (unpaired) electrons. The van der Waals surface area contributed by atoms with Gasteiger partial charge in [-0.1, -0.05) is 13.8 Å². The Morgan fingerprint density at radius 3 is 2.56 bits per heavy atom. The summed E-state index contributed by atoms with van der Waals surface area (Å²) in [7, 11) is 0. The summed E-state index contributed by atoms with van der Waals surface area (Å²) in [5.41, 5.74) is -0.990. The van der Waals surface area contributed by atoms with Crippen molar-refractivity contribution in [3.8, 4) is 0 Å². The molecule has 0 aromatic rings. The van der Waals surface area contributed by atoms with Crippen LogP contribution in [0, 0.1) is 5.92 Å². The lowest BCUT2D eigenvalue weighted by Crippen LogP contribution is -2.53. The van der Waals surface area contributed by atoms with Crippen LogP contribution in [-0.2, 0) is 9.53 Å². The number of rotatable bonds is 5. The number of nitrogens with zero attached hydrogens (tertiary/aromatic N) is 1. The van der Waals surface area contributed by atoms with Crippen LogP contribution < -0.4 is 0 Å². The van der Waals surface area contributed by atoms with E-state index in [2.05, 4.69) is 0 Å². The van der Waals surface area contributed by atoms with Gasteiger partial charge in [0.15, 0.2) is 0 Å². The van der Waals surface area contributed by atoms with Crippen molar-refractivity contribution >= 4 is 5.97 Å². The largest absolute Gasteiger partial charge is 0.466 e. The lowest BCUT2D eigenvalue weighted by molar-refractivity contribution is -0.175. The molecule has 4 nitrogen and oxygen atoms in total. The van der Waals surface area contributed by atoms with Crippen molar-refractivity contribution in [2.45, 2.75) is 45.8 Å². The molecule has 0 amide bonds. The molecule has 16 heavy (non-hydrogen) atoms. The smallest absolute Gasteiger partial charge is 0.313 e. The van der Waals surface area contributed by atoms with Crippen molar-refractivity contribution in [1.82, 2.24) is 4.90 Å². The van der Waals surface area contributed by atoms with E-state index in [4.69, 9.17) is 4.74 Å². The Labute approximate surface area is 97.6 Å². The molecule has 0 aromatic heterocycles. The summed E-state index contributed by atoms with van der Waals surface area (Å²) >= 11 is 0. The van der Waals surface area contributed by atoms with Crippen molar-refractivity contribution in [3.05, 3.63) is 0 Å². The number of hydrogen-bond acceptors (Lipinski definition) is 4. The van der Waals surface area contributed by atoms with E-state index in [1.165, 1.54) is 0 Å². The molecule has 1 rings (SSSR count). The lowest BCUT2D eigenvalue weighted by Gasteiger charge is -2.39. The molecule has 2 atom stereocenters. The predicted octanol–water partition coefficient (Wildman–Crippen LogP) is 1.38. The van der Waals surface area contributed by atoms with Gasteiger partial charge in [0.25, 0.3) is 0 Å². The van der Waals surface area contributed by atoms with Crippen LogP contribution in [0.25, 0.3) is 0 Å². The molecule has 1 fully saturated rings. The molecule has 1 aliphatic carbocycles. The third-order valence-corrected chi connectivity index (χ3v) is 3.48. The van der Waals surface area contributed by atoms with Gasteiger partial charge in [-0.25, -0.2) is 0 Å². The molecule has 4 heteroatoms. The zero-order chi connectivity index (χ0) is 12.2. The van der Waals surface area contributed by atoms with E-state index >= 15 is 0 Å². The maximum atomic E-state index is 11.8. The van der Waals surface area contributed by atoms with Crippen LogP contribution in [0.5, 0.6) is 0 Å². The van der Waals surface area contributed by atoms with Crippen molar-refractivity contribution in [2.24, 2.45) is 5.92 Å². The molecule has 94 valence electrons. The van der Waals surface area contributed by atoms with Gasteiger partial charge in [0.2, 0.25) is 0 Å². The van der Waals surface area contributed by atoms with Gasteiger partial charge >= 0.3 is 5.97 Å². The van der Waals surface area contributed by atoms with E-state index < -0.39 is 5.72 Å². The Morgan fingerprint density at radius 2 is 2.06 bits per heavy atom. The van der Waals surface area contributed by atoms with E-state index in [0.29, 0.717) is 13.0 Å². The fourth-order valence-electron chi connectivity index (χ4n) is 2.67. The first-order valence-electron chi connectivity index (χ1n) is 6.24. The molecule has 2 unspecified atom stereocenters. The predicted molar refractivity (Wildman–Crippen MR) is 61.8 cm³/mol. The van der Waals surface area contributed by atoms with Crippen LogP contribution in [0.4, 0.5) is 0 Å². The molecule has 0 aromatic carbocycles. The van der Waals surface area contributed by atoms with Gasteiger partial charge < -0.3 is 9.84 Å². The van der Waals surface area contributed by atoms with Gasteiger partial charge in [-0.2, -0.15) is 0 Å². The number of hydrogen-bond donors (Lipinski definition) is 1. The number of ether oxygens (including phenoxy) is 1. The molecule has 0 saturated heterocycles. The average Bonchev–Trinajstić information content (AvgIpc) is 2.63. The number of esters is 1. The second-order valence-corrected chi connectivity index (χ2v) is 4.25. The Hall–Kier alpha value is -0.610. The highest BCUT2D eigenvalue weighted by Crippen LogP contribution is 2.39. The summed E-state index contributed by atoms with van der Waals surface area (Å²) < 4.78 is 5.03. The second kappa shape index (κ2) is 5.64. The molecule has 0 spiro atoms. The van der Waals surface area contributed by atoms with Crippen LogP contribution in [0.1, 0.15) is 40.0 Å². The van der Waals surface area contributed by atoms with Crippen molar-refractivity contribution in [2.75, 3.05) is 19.7 Å². The third-order valence-electron chi connectivity index (χ3n) is 3.48.